The molecule has 7 fully saturated rings. The first-order valence-corrected chi connectivity index (χ1v) is 27.1. The highest BCUT2D eigenvalue weighted by Crippen LogP contribution is 2.70. The van der Waals surface area contributed by atoms with Gasteiger partial charge in [-0.25, -0.2) is 4.79 Å². The molecule has 416 valence electrons. The van der Waals surface area contributed by atoms with Crippen LogP contribution in [0, 0.1) is 22.7 Å². The highest BCUT2D eigenvalue weighted by molar-refractivity contribution is 5.89. The van der Waals surface area contributed by atoms with Gasteiger partial charge in [-0.2, -0.15) is 0 Å². The van der Waals surface area contributed by atoms with Crippen LogP contribution in [0.15, 0.2) is 42.0 Å². The quantitative estimate of drug-likeness (QED) is 0.141. The van der Waals surface area contributed by atoms with Crippen LogP contribution in [0.25, 0.3) is 0 Å². The standard InChI is InChI=1S/C56H84O18/c1-29(57)37-19-22-56(61)54(37,7)43(71-52(59)34-15-13-12-14-16-34)28-42-53(6)20-18-36(23-35(53)17-21-55(42,56)60)70-44-25-39(63-9)49(31(3)67-44)73-46-27-41(65-11)51(33(5)69-46)74-47-26-40(64-10)50(32(4)68-47)72-45-24-38(62-8)48(58)30(2)66-45/h12-17,30-33,36-51,58,60-61H,18-28H2,1-11H3/t30-,31-,32-,33-,36+,37+,38-,39+,40-,41+,42-,43-,44+,45+,46+,47+,48-,49-,50-,51-,53+,54+,55+,56-/m1/s1. The van der Waals surface area contributed by atoms with Crippen molar-refractivity contribution in [2.24, 2.45) is 22.7 Å². The lowest BCUT2D eigenvalue weighted by atomic mass is 9.43. The molecule has 4 aliphatic heterocycles. The summed E-state index contributed by atoms with van der Waals surface area (Å²) in [6.07, 6.45) is -2.17. The smallest absolute Gasteiger partial charge is 0.338 e. The molecular weight excluding hydrogens is 961 g/mol. The van der Waals surface area contributed by atoms with Crippen molar-refractivity contribution < 1.29 is 86.5 Å². The van der Waals surface area contributed by atoms with Gasteiger partial charge in [-0.15, -0.1) is 0 Å². The summed E-state index contributed by atoms with van der Waals surface area (Å²) < 4.78 is 81.8. The lowest BCUT2D eigenvalue weighted by Crippen LogP contribution is -2.75. The Balaban J connectivity index is 0.803. The summed E-state index contributed by atoms with van der Waals surface area (Å²) in [6.45, 7) is 13.1. The third-order valence-corrected chi connectivity index (χ3v) is 19.2. The van der Waals surface area contributed by atoms with Crippen LogP contribution in [0.5, 0.6) is 0 Å². The number of ketones is 1. The molecule has 1 aromatic carbocycles. The van der Waals surface area contributed by atoms with E-state index in [4.69, 9.17) is 61.6 Å². The molecule has 18 nitrogen and oxygen atoms in total. The first kappa shape index (κ1) is 56.2. The van der Waals surface area contributed by atoms with E-state index < -0.39 is 132 Å². The summed E-state index contributed by atoms with van der Waals surface area (Å²) in [6, 6.07) is 8.78. The maximum atomic E-state index is 13.7. The number of Topliss-reactive ketones (excluding diaryl/α,β-unsaturated/α-hetero) is 1. The molecular formula is C56H84O18. The Bertz CT molecular complexity index is 2130. The lowest BCUT2D eigenvalue weighted by molar-refractivity contribution is -0.347. The van der Waals surface area contributed by atoms with Gasteiger partial charge in [0.15, 0.2) is 25.2 Å². The number of esters is 1. The van der Waals surface area contributed by atoms with Crippen LogP contribution < -0.4 is 0 Å². The van der Waals surface area contributed by atoms with Crippen LogP contribution in [-0.2, 0) is 66.4 Å². The van der Waals surface area contributed by atoms with E-state index in [0.717, 1.165) is 5.57 Å². The SMILES string of the molecule is CO[C@H]1C[C@H](O[C@H]2CC[C@@]3(C)C(=CC[C@]4(O)[C@@H]3C[C@@H](OC(=O)c3ccccc3)[C@]3(C)[C@H](C(C)=O)CC[C@@]34O)C2)O[C@H](C)[C@H]1O[C@H]1C[C@H](OC)[C@H](O[C@H]2C[C@@H](OC)[C@H](O[C@H]3C[C@@H](OC)[C@H](O)[C@@H](C)O3)[C@@H](C)O2)[C@@H](C)O1. The molecule has 0 bridgehead atoms. The molecule has 0 radical (unpaired) electrons. The molecule has 4 aliphatic carbocycles. The molecule has 4 heterocycles. The van der Waals surface area contributed by atoms with Crippen LogP contribution in [0.1, 0.15) is 129 Å². The molecule has 18 heteroatoms. The number of ether oxygens (including phenoxy) is 13. The molecule has 3 saturated carbocycles. The van der Waals surface area contributed by atoms with Crippen LogP contribution >= 0.6 is 0 Å². The molecule has 0 spiro atoms. The van der Waals surface area contributed by atoms with Gasteiger partial charge in [0.2, 0.25) is 0 Å². The average molecular weight is 1050 g/mol. The van der Waals surface area contributed by atoms with Crippen molar-refractivity contribution in [2.75, 3.05) is 28.4 Å². The van der Waals surface area contributed by atoms with E-state index in [9.17, 15) is 24.9 Å². The van der Waals surface area contributed by atoms with Crippen molar-refractivity contribution in [1.29, 1.82) is 0 Å². The number of benzene rings is 1. The molecule has 74 heavy (non-hydrogen) atoms. The van der Waals surface area contributed by atoms with Gasteiger partial charge in [0.05, 0.1) is 60.5 Å². The molecule has 0 aromatic heterocycles. The van der Waals surface area contributed by atoms with Gasteiger partial charge in [0, 0.05) is 71.4 Å². The van der Waals surface area contributed by atoms with E-state index in [-0.39, 0.29) is 36.9 Å². The van der Waals surface area contributed by atoms with Crippen molar-refractivity contribution >= 4 is 11.8 Å². The molecule has 4 saturated heterocycles. The molecule has 0 amide bonds. The number of carbonyl (C=O) groups is 2. The van der Waals surface area contributed by atoms with Gasteiger partial charge in [-0.05, 0) is 97.1 Å². The van der Waals surface area contributed by atoms with Gasteiger partial charge in [0.1, 0.15) is 47.5 Å². The van der Waals surface area contributed by atoms with Gasteiger partial charge in [-0.3, -0.25) is 4.79 Å². The lowest BCUT2D eigenvalue weighted by Gasteiger charge is -2.66. The second kappa shape index (κ2) is 22.3. The van der Waals surface area contributed by atoms with Crippen molar-refractivity contribution in [2.45, 2.75) is 241 Å². The molecule has 9 rings (SSSR count). The number of carbonyl (C=O) groups excluding carboxylic acids is 2. The summed E-state index contributed by atoms with van der Waals surface area (Å²) in [7, 11) is 6.52. The minimum absolute atomic E-state index is 0.0822. The summed E-state index contributed by atoms with van der Waals surface area (Å²) >= 11 is 0. The van der Waals surface area contributed by atoms with Crippen molar-refractivity contribution in [3.63, 3.8) is 0 Å². The third-order valence-electron chi connectivity index (χ3n) is 19.2. The van der Waals surface area contributed by atoms with Crippen LogP contribution in [-0.4, -0.2) is 177 Å². The fourth-order valence-corrected chi connectivity index (χ4v) is 14.9. The Labute approximate surface area is 436 Å². The second-order valence-corrected chi connectivity index (χ2v) is 23.1. The Morgan fingerprint density at radius 2 is 1.12 bits per heavy atom. The number of aliphatic hydroxyl groups excluding tert-OH is 1. The summed E-state index contributed by atoms with van der Waals surface area (Å²) in [5.41, 5.74) is -3.42. The Morgan fingerprint density at radius 1 is 0.635 bits per heavy atom. The zero-order chi connectivity index (χ0) is 53.1. The number of rotatable bonds is 15. The molecule has 3 N–H and O–H groups in total. The number of fused-ring (bicyclic) bond motifs is 5. The highest BCUT2D eigenvalue weighted by Gasteiger charge is 2.77. The zero-order valence-electron chi connectivity index (χ0n) is 45.3. The van der Waals surface area contributed by atoms with Crippen molar-refractivity contribution in [3.8, 4) is 0 Å². The topological polar surface area (TPSA) is 215 Å². The van der Waals surface area contributed by atoms with Gasteiger partial charge < -0.3 is 76.9 Å². The van der Waals surface area contributed by atoms with Crippen LogP contribution in [0.2, 0.25) is 0 Å². The third kappa shape index (κ3) is 10.1. The predicted molar refractivity (Wildman–Crippen MR) is 264 cm³/mol. The summed E-state index contributed by atoms with van der Waals surface area (Å²) in [4.78, 5) is 27.0. The van der Waals surface area contributed by atoms with E-state index in [1.807, 2.05) is 33.8 Å². The van der Waals surface area contributed by atoms with Crippen LogP contribution in [0.3, 0.4) is 0 Å². The van der Waals surface area contributed by atoms with E-state index in [1.54, 1.807) is 59.6 Å². The van der Waals surface area contributed by atoms with E-state index >= 15 is 0 Å². The predicted octanol–water partition coefficient (Wildman–Crippen LogP) is 5.72. The monoisotopic (exact) mass is 1040 g/mol. The second-order valence-electron chi connectivity index (χ2n) is 23.1. The van der Waals surface area contributed by atoms with E-state index in [0.29, 0.717) is 63.4 Å². The highest BCUT2D eigenvalue weighted by atomic mass is 16.8. The molecule has 1 aromatic rings. The van der Waals surface area contributed by atoms with Crippen LogP contribution in [0.4, 0.5) is 0 Å². The average Bonchev–Trinajstić information content (AvgIpc) is 3.77. The summed E-state index contributed by atoms with van der Waals surface area (Å²) in [5.74, 6) is -1.62. The van der Waals surface area contributed by atoms with Gasteiger partial charge in [0.25, 0.3) is 0 Å². The van der Waals surface area contributed by atoms with E-state index in [2.05, 4.69) is 13.0 Å². The number of hydrogen-bond donors (Lipinski definition) is 3. The normalized spacial score (nSPS) is 48.4. The van der Waals surface area contributed by atoms with E-state index in [1.165, 1.54) is 6.92 Å². The maximum absolute atomic E-state index is 13.7. The van der Waals surface area contributed by atoms with Gasteiger partial charge >= 0.3 is 5.97 Å². The molecule has 24 atom stereocenters. The first-order valence-electron chi connectivity index (χ1n) is 27.1. The Kier molecular flexibility index (Phi) is 17.0. The first-order chi connectivity index (χ1) is 35.2. The Hall–Kier alpha value is -2.50. The van der Waals surface area contributed by atoms with Gasteiger partial charge in [-0.1, -0.05) is 43.7 Å². The Morgan fingerprint density at radius 3 is 1.62 bits per heavy atom. The molecule has 0 unspecified atom stereocenters. The largest absolute Gasteiger partial charge is 0.458 e. The van der Waals surface area contributed by atoms with Crippen molar-refractivity contribution in [1.82, 2.24) is 0 Å². The van der Waals surface area contributed by atoms with Crippen molar-refractivity contribution in [3.05, 3.63) is 47.5 Å². The number of aliphatic hydroxyl groups is 3. The summed E-state index contributed by atoms with van der Waals surface area (Å²) in [5, 5.41) is 36.4. The number of hydrogen-bond acceptors (Lipinski definition) is 18. The minimum Gasteiger partial charge on any atom is -0.458 e. The number of methoxy groups -OCH3 is 4. The fourth-order valence-electron chi connectivity index (χ4n) is 14.9. The maximum Gasteiger partial charge on any atom is 0.338 e. The minimum atomic E-state index is -1.68. The molecule has 8 aliphatic rings. The fraction of sp³-hybridized carbons (Fsp3) is 0.821. The zero-order valence-corrected chi connectivity index (χ0v) is 45.3.